The molecule has 0 aliphatic rings. The zero-order chi connectivity index (χ0) is 16.5. The summed E-state index contributed by atoms with van der Waals surface area (Å²) in [7, 11) is -2.56. The summed E-state index contributed by atoms with van der Waals surface area (Å²) >= 11 is 23.6. The molecule has 2 aromatic rings. The lowest BCUT2D eigenvalue weighted by molar-refractivity contribution is 0.414. The van der Waals surface area contributed by atoms with Gasteiger partial charge in [0.15, 0.2) is 0 Å². The maximum atomic E-state index is 12.4. The van der Waals surface area contributed by atoms with E-state index in [1.165, 1.54) is 37.4 Å². The highest BCUT2D eigenvalue weighted by atomic mass is 35.5. The number of halogens is 4. The zero-order valence-electron chi connectivity index (χ0n) is 11.0. The van der Waals surface area contributed by atoms with Crippen LogP contribution < -0.4 is 9.46 Å². The second kappa shape index (κ2) is 6.72. The number of hydrogen-bond donors (Lipinski definition) is 1. The van der Waals surface area contributed by atoms with Gasteiger partial charge in [0.05, 0.1) is 17.8 Å². The third kappa shape index (κ3) is 3.73. The van der Waals surface area contributed by atoms with Gasteiger partial charge in [-0.2, -0.15) is 0 Å². The summed E-state index contributed by atoms with van der Waals surface area (Å²) in [6.07, 6.45) is 0. The fraction of sp³-hybridized carbons (Fsp3) is 0.0769. The number of methoxy groups -OCH3 is 1. The molecule has 0 heterocycles. The van der Waals surface area contributed by atoms with Crippen LogP contribution in [0.15, 0.2) is 35.2 Å². The molecule has 0 atom stereocenters. The van der Waals surface area contributed by atoms with Crippen molar-refractivity contribution >= 4 is 62.1 Å². The molecular weight excluding hydrogens is 392 g/mol. The van der Waals surface area contributed by atoms with Crippen molar-refractivity contribution in [3.05, 3.63) is 50.4 Å². The largest absolute Gasteiger partial charge is 0.495 e. The summed E-state index contributed by atoms with van der Waals surface area (Å²) in [5.74, 6) is 0.274. The number of nitrogens with one attached hydrogen (secondary N) is 1. The van der Waals surface area contributed by atoms with E-state index in [1.54, 1.807) is 0 Å². The molecule has 0 aromatic heterocycles. The molecule has 0 fully saturated rings. The molecule has 2 rings (SSSR count). The van der Waals surface area contributed by atoms with Crippen molar-refractivity contribution in [1.82, 2.24) is 0 Å². The molecule has 0 amide bonds. The first-order valence-corrected chi connectivity index (χ1v) is 8.75. The summed E-state index contributed by atoms with van der Waals surface area (Å²) in [4.78, 5) is -0.184. The molecule has 0 saturated carbocycles. The van der Waals surface area contributed by atoms with E-state index in [1.807, 2.05) is 0 Å². The standard InChI is InChI=1S/C13H9Cl4NO3S/c1-21-10-2-3-11(13(17)12(10)16)22(19,20)18-9-5-7(14)4-8(15)6-9/h2-6,18H,1H3. The van der Waals surface area contributed by atoms with Gasteiger partial charge in [-0.1, -0.05) is 46.4 Å². The second-order valence-electron chi connectivity index (χ2n) is 4.16. The Labute approximate surface area is 147 Å². The molecule has 118 valence electrons. The fourth-order valence-electron chi connectivity index (χ4n) is 1.70. The minimum absolute atomic E-state index is 0.0103. The molecule has 2 aromatic carbocycles. The Bertz CT molecular complexity index is 804. The Morgan fingerprint density at radius 2 is 1.55 bits per heavy atom. The van der Waals surface area contributed by atoms with Crippen molar-refractivity contribution in [2.45, 2.75) is 4.90 Å². The van der Waals surface area contributed by atoms with Crippen LogP contribution in [0.1, 0.15) is 0 Å². The van der Waals surface area contributed by atoms with E-state index < -0.39 is 10.0 Å². The van der Waals surface area contributed by atoms with E-state index in [0.29, 0.717) is 10.0 Å². The van der Waals surface area contributed by atoms with Gasteiger partial charge in [-0.15, -0.1) is 0 Å². The smallest absolute Gasteiger partial charge is 0.263 e. The van der Waals surface area contributed by atoms with Crippen molar-refractivity contribution < 1.29 is 13.2 Å². The highest BCUT2D eigenvalue weighted by Gasteiger charge is 2.22. The zero-order valence-corrected chi connectivity index (χ0v) is 14.9. The Hall–Kier alpha value is -0.850. The van der Waals surface area contributed by atoms with Crippen LogP contribution in [0, 0.1) is 0 Å². The third-order valence-electron chi connectivity index (χ3n) is 2.64. The first-order valence-electron chi connectivity index (χ1n) is 5.75. The Morgan fingerprint density at radius 3 is 2.09 bits per heavy atom. The maximum absolute atomic E-state index is 12.4. The first kappa shape index (κ1) is 17.5. The van der Waals surface area contributed by atoms with E-state index >= 15 is 0 Å². The Morgan fingerprint density at radius 1 is 0.955 bits per heavy atom. The highest BCUT2D eigenvalue weighted by Crippen LogP contribution is 2.37. The lowest BCUT2D eigenvalue weighted by Gasteiger charge is -2.12. The van der Waals surface area contributed by atoms with E-state index in [9.17, 15) is 8.42 Å². The topological polar surface area (TPSA) is 55.4 Å². The maximum Gasteiger partial charge on any atom is 0.263 e. The number of hydrogen-bond acceptors (Lipinski definition) is 3. The predicted molar refractivity (Wildman–Crippen MR) is 90.3 cm³/mol. The van der Waals surface area contributed by atoms with Gasteiger partial charge in [0.1, 0.15) is 15.7 Å². The Balaban J connectivity index is 2.45. The van der Waals surface area contributed by atoms with Gasteiger partial charge in [0.2, 0.25) is 0 Å². The monoisotopic (exact) mass is 399 g/mol. The summed E-state index contributed by atoms with van der Waals surface area (Å²) in [6, 6.07) is 7.03. The average molecular weight is 401 g/mol. The van der Waals surface area contributed by atoms with Crippen LogP contribution in [0.25, 0.3) is 0 Å². The van der Waals surface area contributed by atoms with Gasteiger partial charge in [0, 0.05) is 10.0 Å². The summed E-state index contributed by atoms with van der Waals surface area (Å²) in [6.45, 7) is 0. The minimum Gasteiger partial charge on any atom is -0.495 e. The molecule has 0 aliphatic carbocycles. The van der Waals surface area contributed by atoms with Crippen LogP contribution >= 0.6 is 46.4 Å². The van der Waals surface area contributed by atoms with Crippen molar-refractivity contribution in [3.63, 3.8) is 0 Å². The second-order valence-corrected chi connectivity index (χ2v) is 7.44. The molecule has 0 unspecified atom stereocenters. The number of benzene rings is 2. The molecule has 0 aliphatic heterocycles. The van der Waals surface area contributed by atoms with Crippen molar-refractivity contribution in [2.75, 3.05) is 11.8 Å². The quantitative estimate of drug-likeness (QED) is 0.775. The summed E-state index contributed by atoms with van der Waals surface area (Å²) in [5, 5.41) is 0.464. The van der Waals surface area contributed by atoms with Crippen molar-refractivity contribution in [1.29, 1.82) is 0 Å². The number of sulfonamides is 1. The average Bonchev–Trinajstić information content (AvgIpc) is 2.39. The molecule has 0 spiro atoms. The van der Waals surface area contributed by atoms with E-state index in [0.717, 1.165) is 0 Å². The Kier molecular flexibility index (Phi) is 5.35. The lowest BCUT2D eigenvalue weighted by Crippen LogP contribution is -2.13. The van der Waals surface area contributed by atoms with Crippen LogP contribution in [0.4, 0.5) is 5.69 Å². The van der Waals surface area contributed by atoms with Gasteiger partial charge in [0.25, 0.3) is 10.0 Å². The normalized spacial score (nSPS) is 11.3. The van der Waals surface area contributed by atoms with E-state index in [-0.39, 0.29) is 26.4 Å². The minimum atomic E-state index is -3.96. The number of ether oxygens (including phenoxy) is 1. The first-order chi connectivity index (χ1) is 10.2. The van der Waals surface area contributed by atoms with Gasteiger partial charge in [-0.3, -0.25) is 4.72 Å². The molecular formula is C13H9Cl4NO3S. The molecule has 9 heteroatoms. The molecule has 1 N–H and O–H groups in total. The van der Waals surface area contributed by atoms with Crippen molar-refractivity contribution in [3.8, 4) is 5.75 Å². The third-order valence-corrected chi connectivity index (χ3v) is 5.47. The van der Waals surface area contributed by atoms with Crippen LogP contribution in [-0.4, -0.2) is 15.5 Å². The van der Waals surface area contributed by atoms with E-state index in [2.05, 4.69) is 4.72 Å². The number of rotatable bonds is 4. The van der Waals surface area contributed by atoms with Gasteiger partial charge >= 0.3 is 0 Å². The van der Waals surface area contributed by atoms with Crippen LogP contribution in [0.2, 0.25) is 20.1 Å². The van der Waals surface area contributed by atoms with Crippen LogP contribution in [-0.2, 0) is 10.0 Å². The van der Waals surface area contributed by atoms with Gasteiger partial charge < -0.3 is 4.74 Å². The molecule has 0 radical (unpaired) electrons. The molecule has 4 nitrogen and oxygen atoms in total. The predicted octanol–water partition coefficient (Wildman–Crippen LogP) is 5.11. The fourth-order valence-corrected chi connectivity index (χ4v) is 4.11. The van der Waals surface area contributed by atoms with Gasteiger partial charge in [-0.25, -0.2) is 8.42 Å². The summed E-state index contributed by atoms with van der Waals surface area (Å²) < 4.78 is 32.1. The molecule has 0 saturated heterocycles. The number of anilines is 1. The SMILES string of the molecule is COc1ccc(S(=O)(=O)Nc2cc(Cl)cc(Cl)c2)c(Cl)c1Cl. The van der Waals surface area contributed by atoms with Crippen LogP contribution in [0.5, 0.6) is 5.75 Å². The van der Waals surface area contributed by atoms with Crippen LogP contribution in [0.3, 0.4) is 0 Å². The van der Waals surface area contributed by atoms with Gasteiger partial charge in [-0.05, 0) is 30.3 Å². The highest BCUT2D eigenvalue weighted by molar-refractivity contribution is 7.92. The van der Waals surface area contributed by atoms with Crippen molar-refractivity contribution in [2.24, 2.45) is 0 Å². The van der Waals surface area contributed by atoms with E-state index in [4.69, 9.17) is 51.1 Å². The molecule has 0 bridgehead atoms. The molecule has 22 heavy (non-hydrogen) atoms. The summed E-state index contributed by atoms with van der Waals surface area (Å²) in [5.41, 5.74) is 0.209. The lowest BCUT2D eigenvalue weighted by atomic mass is 10.3.